The van der Waals surface area contributed by atoms with Gasteiger partial charge in [-0.15, -0.1) is 11.8 Å². The molecule has 1 heterocycles. The highest BCUT2D eigenvalue weighted by Crippen LogP contribution is 2.62. The standard InChI is InChI=1S/C20H33F3O3S/c1-16(2,3)13-18(5,17(4)7-8-17)15(24)25-11-14-12-27-19(6,26-14)9-10-20(21,22)23/h14H,7-13H2,1-6H3. The fourth-order valence-electron chi connectivity index (χ4n) is 3.93. The number of alkyl halides is 3. The fraction of sp³-hybridized carbons (Fsp3) is 0.950. The topological polar surface area (TPSA) is 35.5 Å². The lowest BCUT2D eigenvalue weighted by molar-refractivity contribution is -0.167. The van der Waals surface area contributed by atoms with E-state index in [4.69, 9.17) is 9.47 Å². The monoisotopic (exact) mass is 410 g/mol. The van der Waals surface area contributed by atoms with Crippen LogP contribution in [0.25, 0.3) is 0 Å². The van der Waals surface area contributed by atoms with Crippen molar-refractivity contribution in [1.29, 1.82) is 0 Å². The maximum absolute atomic E-state index is 13.0. The molecule has 0 spiro atoms. The maximum atomic E-state index is 13.0. The number of carbonyl (C=O) groups is 1. The van der Waals surface area contributed by atoms with Crippen LogP contribution in [0, 0.1) is 16.2 Å². The molecule has 2 fully saturated rings. The van der Waals surface area contributed by atoms with Crippen LogP contribution < -0.4 is 0 Å². The SMILES string of the molecule is CC(C)(C)CC(C)(C(=O)OCC1CSC(C)(CCC(F)(F)F)O1)C1(C)CC1. The van der Waals surface area contributed by atoms with E-state index in [1.54, 1.807) is 6.92 Å². The fourth-order valence-corrected chi connectivity index (χ4v) is 5.08. The van der Waals surface area contributed by atoms with E-state index in [0.717, 1.165) is 19.3 Å². The Balaban J connectivity index is 1.91. The van der Waals surface area contributed by atoms with Crippen molar-refractivity contribution in [3.05, 3.63) is 0 Å². The number of thioether (sulfide) groups is 1. The van der Waals surface area contributed by atoms with Crippen LogP contribution in [0.4, 0.5) is 13.2 Å². The minimum Gasteiger partial charge on any atom is -0.462 e. The van der Waals surface area contributed by atoms with Gasteiger partial charge in [0.1, 0.15) is 17.6 Å². The zero-order valence-electron chi connectivity index (χ0n) is 17.3. The summed E-state index contributed by atoms with van der Waals surface area (Å²) in [5.41, 5.74) is -0.601. The lowest BCUT2D eigenvalue weighted by atomic mass is 9.66. The number of hydrogen-bond acceptors (Lipinski definition) is 4. The van der Waals surface area contributed by atoms with Crippen LogP contribution in [0.15, 0.2) is 0 Å². The van der Waals surface area contributed by atoms with Crippen molar-refractivity contribution in [3.8, 4) is 0 Å². The summed E-state index contributed by atoms with van der Waals surface area (Å²) in [7, 11) is 0. The maximum Gasteiger partial charge on any atom is 0.389 e. The largest absolute Gasteiger partial charge is 0.462 e. The van der Waals surface area contributed by atoms with E-state index in [0.29, 0.717) is 5.75 Å². The van der Waals surface area contributed by atoms with E-state index in [9.17, 15) is 18.0 Å². The molecular weight excluding hydrogens is 377 g/mol. The van der Waals surface area contributed by atoms with Gasteiger partial charge in [0.05, 0.1) is 5.41 Å². The van der Waals surface area contributed by atoms with Crippen LogP contribution >= 0.6 is 11.8 Å². The first-order chi connectivity index (χ1) is 12.1. The van der Waals surface area contributed by atoms with E-state index in [1.165, 1.54) is 11.8 Å². The second-order valence-electron chi connectivity index (χ2n) is 10.0. The molecule has 1 saturated heterocycles. The van der Waals surface area contributed by atoms with Crippen molar-refractivity contribution < 1.29 is 27.4 Å². The molecule has 0 aromatic heterocycles. The van der Waals surface area contributed by atoms with Crippen LogP contribution in [-0.4, -0.2) is 35.5 Å². The van der Waals surface area contributed by atoms with E-state index >= 15 is 0 Å². The highest BCUT2D eigenvalue weighted by atomic mass is 32.2. The molecule has 3 unspecified atom stereocenters. The predicted octanol–water partition coefficient (Wildman–Crippen LogP) is 5.96. The Morgan fingerprint density at radius 1 is 1.19 bits per heavy atom. The molecule has 0 aromatic rings. The van der Waals surface area contributed by atoms with E-state index in [1.807, 2.05) is 6.92 Å². The van der Waals surface area contributed by atoms with Crippen molar-refractivity contribution in [1.82, 2.24) is 0 Å². The summed E-state index contributed by atoms with van der Waals surface area (Å²) < 4.78 is 48.9. The summed E-state index contributed by atoms with van der Waals surface area (Å²) in [5.74, 6) is 0.324. The van der Waals surface area contributed by atoms with Crippen molar-refractivity contribution in [3.63, 3.8) is 0 Å². The molecule has 0 bridgehead atoms. The van der Waals surface area contributed by atoms with Gasteiger partial charge in [-0.25, -0.2) is 0 Å². The van der Waals surface area contributed by atoms with Gasteiger partial charge in [0.15, 0.2) is 0 Å². The third-order valence-electron chi connectivity index (χ3n) is 5.92. The minimum absolute atomic E-state index is 0.00471. The van der Waals surface area contributed by atoms with Crippen molar-refractivity contribution in [2.75, 3.05) is 12.4 Å². The summed E-state index contributed by atoms with van der Waals surface area (Å²) in [4.78, 5) is 12.1. The van der Waals surface area contributed by atoms with Crippen LogP contribution in [0.2, 0.25) is 0 Å². The normalized spacial score (nSPS) is 30.0. The molecule has 3 atom stereocenters. The Hall–Kier alpha value is -0.430. The molecule has 7 heteroatoms. The van der Waals surface area contributed by atoms with Crippen molar-refractivity contribution in [2.45, 2.75) is 90.9 Å². The summed E-state index contributed by atoms with van der Waals surface area (Å²) in [6.07, 6.45) is -2.75. The van der Waals surface area contributed by atoms with E-state index in [-0.39, 0.29) is 35.9 Å². The van der Waals surface area contributed by atoms with Gasteiger partial charge in [0, 0.05) is 12.2 Å². The molecule has 3 nitrogen and oxygen atoms in total. The van der Waals surface area contributed by atoms with Gasteiger partial charge in [-0.3, -0.25) is 4.79 Å². The lowest BCUT2D eigenvalue weighted by Crippen LogP contribution is -2.42. The van der Waals surface area contributed by atoms with Gasteiger partial charge >= 0.3 is 12.1 Å². The highest BCUT2D eigenvalue weighted by molar-refractivity contribution is 8.00. The van der Waals surface area contributed by atoms with Crippen LogP contribution in [0.5, 0.6) is 0 Å². The predicted molar refractivity (Wildman–Crippen MR) is 102 cm³/mol. The summed E-state index contributed by atoms with van der Waals surface area (Å²) in [6, 6.07) is 0. The van der Waals surface area contributed by atoms with E-state index < -0.39 is 22.9 Å². The molecule has 0 amide bonds. The third kappa shape index (κ3) is 6.02. The van der Waals surface area contributed by atoms with Gasteiger partial charge in [-0.1, -0.05) is 27.7 Å². The van der Waals surface area contributed by atoms with Gasteiger partial charge in [0.2, 0.25) is 0 Å². The van der Waals surface area contributed by atoms with E-state index in [2.05, 4.69) is 27.7 Å². The molecule has 27 heavy (non-hydrogen) atoms. The number of ether oxygens (including phenoxy) is 2. The van der Waals surface area contributed by atoms with Gasteiger partial charge in [-0.2, -0.15) is 13.2 Å². The summed E-state index contributed by atoms with van der Waals surface area (Å²) in [5, 5.41) is 0. The molecule has 0 N–H and O–H groups in total. The van der Waals surface area contributed by atoms with Crippen LogP contribution in [0.3, 0.4) is 0 Å². The Kier molecular flexibility index (Phi) is 6.29. The van der Waals surface area contributed by atoms with Gasteiger partial charge in [-0.05, 0) is 50.4 Å². The first kappa shape index (κ1) is 22.9. The number of halogens is 3. The first-order valence-electron chi connectivity index (χ1n) is 9.63. The molecule has 1 aliphatic carbocycles. The highest BCUT2D eigenvalue weighted by Gasteiger charge is 2.59. The smallest absolute Gasteiger partial charge is 0.389 e. The van der Waals surface area contributed by atoms with Crippen molar-refractivity contribution in [2.24, 2.45) is 16.2 Å². The molecule has 0 aromatic carbocycles. The molecule has 2 aliphatic rings. The zero-order valence-corrected chi connectivity index (χ0v) is 18.1. The third-order valence-corrected chi connectivity index (χ3v) is 7.37. The Morgan fingerprint density at radius 2 is 1.78 bits per heavy atom. The lowest BCUT2D eigenvalue weighted by Gasteiger charge is -2.39. The number of esters is 1. The molecule has 1 aliphatic heterocycles. The van der Waals surface area contributed by atoms with Crippen LogP contribution in [0.1, 0.15) is 73.6 Å². The van der Waals surface area contributed by atoms with Gasteiger partial charge in [0.25, 0.3) is 0 Å². The molecule has 2 rings (SSSR count). The summed E-state index contributed by atoms with van der Waals surface area (Å²) in [6.45, 7) is 12.3. The second kappa shape index (κ2) is 7.43. The second-order valence-corrected chi connectivity index (χ2v) is 11.5. The Morgan fingerprint density at radius 3 is 2.26 bits per heavy atom. The quantitative estimate of drug-likeness (QED) is 0.485. The minimum atomic E-state index is -4.19. The average molecular weight is 411 g/mol. The first-order valence-corrected chi connectivity index (χ1v) is 10.6. The molecule has 158 valence electrons. The molecule has 0 radical (unpaired) electrons. The van der Waals surface area contributed by atoms with Gasteiger partial charge < -0.3 is 9.47 Å². The summed E-state index contributed by atoms with van der Waals surface area (Å²) >= 11 is 1.37. The van der Waals surface area contributed by atoms with Crippen molar-refractivity contribution >= 4 is 17.7 Å². The number of carbonyl (C=O) groups excluding carboxylic acids is 1. The molecule has 1 saturated carbocycles. The Labute approximate surface area is 165 Å². The van der Waals surface area contributed by atoms with Crippen LogP contribution in [-0.2, 0) is 14.3 Å². The Bertz CT molecular complexity index is 554. The number of hydrogen-bond donors (Lipinski definition) is 0. The average Bonchev–Trinajstić information content (AvgIpc) is 3.14. The zero-order chi connectivity index (χ0) is 20.7. The molecular formula is C20H33F3O3S. The number of rotatable bonds is 7.